The van der Waals surface area contributed by atoms with Gasteiger partial charge in [-0.05, 0) is 43.7 Å². The number of nitrogens with one attached hydrogen (secondary N) is 1. The van der Waals surface area contributed by atoms with Gasteiger partial charge in [0, 0.05) is 24.0 Å². The van der Waals surface area contributed by atoms with E-state index in [1.807, 2.05) is 30.5 Å². The zero-order chi connectivity index (χ0) is 20.4. The zero-order valence-corrected chi connectivity index (χ0v) is 16.1. The number of rotatable bonds is 5. The fourth-order valence-corrected chi connectivity index (χ4v) is 2.98. The van der Waals surface area contributed by atoms with Crippen LogP contribution in [-0.4, -0.2) is 35.5 Å². The zero-order valence-electron chi connectivity index (χ0n) is 16.1. The van der Waals surface area contributed by atoms with Gasteiger partial charge in [0.15, 0.2) is 22.8 Å². The Hall–Kier alpha value is -3.81. The van der Waals surface area contributed by atoms with Crippen LogP contribution in [0.4, 0.5) is 5.82 Å². The number of phenols is 1. The fraction of sp³-hybridized carbons (Fsp3) is 0.190. The minimum absolute atomic E-state index is 0.150. The highest BCUT2D eigenvalue weighted by molar-refractivity contribution is 5.98. The SMILES string of the molecule is CC(C)n1cnc2c(NC(=O)Cc3ccc(O)cc3)nc(-c3cccnc3)nc21. The van der Waals surface area contributed by atoms with Crippen molar-refractivity contribution < 1.29 is 9.90 Å². The van der Waals surface area contributed by atoms with Crippen molar-refractivity contribution in [3.8, 4) is 17.1 Å². The number of anilines is 1. The first kappa shape index (κ1) is 18.5. The maximum absolute atomic E-state index is 12.6. The third kappa shape index (κ3) is 3.91. The van der Waals surface area contributed by atoms with Crippen molar-refractivity contribution in [2.24, 2.45) is 0 Å². The number of aromatic hydroxyl groups is 1. The molecule has 3 heterocycles. The monoisotopic (exact) mass is 388 g/mol. The van der Waals surface area contributed by atoms with Gasteiger partial charge >= 0.3 is 0 Å². The molecule has 0 aliphatic rings. The summed E-state index contributed by atoms with van der Waals surface area (Å²) in [6.07, 6.45) is 5.21. The lowest BCUT2D eigenvalue weighted by Gasteiger charge is -2.11. The van der Waals surface area contributed by atoms with Crippen molar-refractivity contribution in [3.05, 3.63) is 60.7 Å². The first-order valence-corrected chi connectivity index (χ1v) is 9.24. The van der Waals surface area contributed by atoms with E-state index in [1.54, 1.807) is 43.0 Å². The molecule has 146 valence electrons. The Morgan fingerprint density at radius 3 is 2.66 bits per heavy atom. The number of phenolic OH excluding ortho intramolecular Hbond substituents is 1. The highest BCUT2D eigenvalue weighted by Crippen LogP contribution is 2.25. The molecule has 0 atom stereocenters. The van der Waals surface area contributed by atoms with Gasteiger partial charge < -0.3 is 15.0 Å². The van der Waals surface area contributed by atoms with E-state index in [-0.39, 0.29) is 24.1 Å². The summed E-state index contributed by atoms with van der Waals surface area (Å²) in [5, 5.41) is 12.3. The fourth-order valence-electron chi connectivity index (χ4n) is 2.98. The molecule has 2 N–H and O–H groups in total. The van der Waals surface area contributed by atoms with Gasteiger partial charge in [-0.15, -0.1) is 0 Å². The second-order valence-electron chi connectivity index (χ2n) is 6.95. The quantitative estimate of drug-likeness (QED) is 0.543. The Balaban J connectivity index is 1.72. The van der Waals surface area contributed by atoms with Gasteiger partial charge in [-0.2, -0.15) is 0 Å². The number of imidazole rings is 1. The Morgan fingerprint density at radius 2 is 1.97 bits per heavy atom. The molecule has 3 aromatic heterocycles. The average Bonchev–Trinajstić information content (AvgIpc) is 3.15. The molecule has 0 aliphatic carbocycles. The molecule has 0 unspecified atom stereocenters. The molecule has 0 radical (unpaired) electrons. The van der Waals surface area contributed by atoms with Crippen LogP contribution in [0.5, 0.6) is 5.75 Å². The van der Waals surface area contributed by atoms with E-state index in [0.29, 0.717) is 22.8 Å². The third-order valence-electron chi connectivity index (χ3n) is 4.46. The van der Waals surface area contributed by atoms with Crippen molar-refractivity contribution in [2.75, 3.05) is 5.32 Å². The number of hydrogen-bond donors (Lipinski definition) is 2. The largest absolute Gasteiger partial charge is 0.508 e. The Kier molecular flexibility index (Phi) is 4.90. The van der Waals surface area contributed by atoms with Crippen molar-refractivity contribution >= 4 is 22.9 Å². The molecule has 0 bridgehead atoms. The van der Waals surface area contributed by atoms with Crippen LogP contribution in [0.2, 0.25) is 0 Å². The molecule has 0 saturated carbocycles. The highest BCUT2D eigenvalue weighted by atomic mass is 16.3. The highest BCUT2D eigenvalue weighted by Gasteiger charge is 2.17. The first-order valence-electron chi connectivity index (χ1n) is 9.24. The minimum Gasteiger partial charge on any atom is -0.508 e. The Bertz CT molecular complexity index is 1150. The van der Waals surface area contributed by atoms with Gasteiger partial charge in [0.25, 0.3) is 0 Å². The molecule has 0 aliphatic heterocycles. The normalized spacial score (nSPS) is 11.1. The summed E-state index contributed by atoms with van der Waals surface area (Å²) >= 11 is 0. The van der Waals surface area contributed by atoms with Crippen LogP contribution < -0.4 is 5.32 Å². The van der Waals surface area contributed by atoms with E-state index in [9.17, 15) is 9.90 Å². The molecule has 8 heteroatoms. The van der Waals surface area contributed by atoms with Crippen molar-refractivity contribution in [2.45, 2.75) is 26.3 Å². The first-order chi connectivity index (χ1) is 14.0. The van der Waals surface area contributed by atoms with Crippen LogP contribution in [0.25, 0.3) is 22.6 Å². The van der Waals surface area contributed by atoms with Crippen LogP contribution in [0.3, 0.4) is 0 Å². The van der Waals surface area contributed by atoms with Crippen LogP contribution in [0, 0.1) is 0 Å². The summed E-state index contributed by atoms with van der Waals surface area (Å²) in [4.78, 5) is 30.4. The van der Waals surface area contributed by atoms with Gasteiger partial charge in [-0.1, -0.05) is 12.1 Å². The maximum atomic E-state index is 12.6. The number of fused-ring (bicyclic) bond motifs is 1. The number of amides is 1. The summed E-state index contributed by atoms with van der Waals surface area (Å²) in [5.74, 6) is 0.754. The van der Waals surface area contributed by atoms with Gasteiger partial charge in [0.1, 0.15) is 5.75 Å². The lowest BCUT2D eigenvalue weighted by Crippen LogP contribution is -2.16. The number of hydrogen-bond acceptors (Lipinski definition) is 6. The maximum Gasteiger partial charge on any atom is 0.230 e. The molecule has 0 spiro atoms. The van der Waals surface area contributed by atoms with E-state index in [1.165, 1.54) is 0 Å². The summed E-state index contributed by atoms with van der Waals surface area (Å²) in [5.41, 5.74) is 2.71. The predicted octanol–water partition coefficient (Wildman–Crippen LogP) is 3.36. The van der Waals surface area contributed by atoms with Gasteiger partial charge in [-0.25, -0.2) is 15.0 Å². The topological polar surface area (TPSA) is 106 Å². The number of pyridine rings is 1. The van der Waals surface area contributed by atoms with E-state index in [4.69, 9.17) is 0 Å². The Morgan fingerprint density at radius 1 is 1.17 bits per heavy atom. The van der Waals surface area contributed by atoms with Gasteiger partial charge in [-0.3, -0.25) is 9.78 Å². The van der Waals surface area contributed by atoms with Gasteiger partial charge in [0.2, 0.25) is 5.91 Å². The molecular formula is C21H20N6O2. The number of carbonyl (C=O) groups excluding carboxylic acids is 1. The molecular weight excluding hydrogens is 368 g/mol. The minimum atomic E-state index is -0.230. The average molecular weight is 388 g/mol. The predicted molar refractivity (Wildman–Crippen MR) is 109 cm³/mol. The van der Waals surface area contributed by atoms with Crippen LogP contribution in [-0.2, 0) is 11.2 Å². The van der Waals surface area contributed by atoms with E-state index in [2.05, 4.69) is 25.3 Å². The molecule has 0 fully saturated rings. The number of benzene rings is 1. The lowest BCUT2D eigenvalue weighted by atomic mass is 10.1. The van der Waals surface area contributed by atoms with Crippen molar-refractivity contribution in [3.63, 3.8) is 0 Å². The second kappa shape index (κ2) is 7.67. The summed E-state index contributed by atoms with van der Waals surface area (Å²) in [6, 6.07) is 10.3. The Labute approximate surface area is 167 Å². The van der Waals surface area contributed by atoms with E-state index in [0.717, 1.165) is 11.1 Å². The molecule has 8 nitrogen and oxygen atoms in total. The standard InChI is InChI=1S/C21H20N6O2/c1-13(2)27-12-23-18-20(24-17(29)10-14-5-7-16(28)8-6-14)25-19(26-21(18)27)15-4-3-9-22-11-15/h3-9,11-13,28H,10H2,1-2H3,(H,24,25,26,29). The van der Waals surface area contributed by atoms with Crippen molar-refractivity contribution in [1.29, 1.82) is 0 Å². The molecule has 29 heavy (non-hydrogen) atoms. The van der Waals surface area contributed by atoms with Crippen LogP contribution in [0.1, 0.15) is 25.5 Å². The molecule has 1 amide bonds. The lowest BCUT2D eigenvalue weighted by molar-refractivity contribution is -0.115. The van der Waals surface area contributed by atoms with Gasteiger partial charge in [0.05, 0.1) is 12.7 Å². The summed E-state index contributed by atoms with van der Waals surface area (Å²) < 4.78 is 1.94. The summed E-state index contributed by atoms with van der Waals surface area (Å²) in [7, 11) is 0. The second-order valence-corrected chi connectivity index (χ2v) is 6.95. The summed E-state index contributed by atoms with van der Waals surface area (Å²) in [6.45, 7) is 4.08. The van der Waals surface area contributed by atoms with E-state index < -0.39 is 0 Å². The van der Waals surface area contributed by atoms with Crippen LogP contribution >= 0.6 is 0 Å². The number of aromatic nitrogens is 5. The number of nitrogens with zero attached hydrogens (tertiary/aromatic N) is 5. The van der Waals surface area contributed by atoms with Crippen molar-refractivity contribution in [1.82, 2.24) is 24.5 Å². The number of carbonyl (C=O) groups is 1. The molecule has 4 aromatic rings. The van der Waals surface area contributed by atoms with Crippen LogP contribution in [0.15, 0.2) is 55.1 Å². The smallest absolute Gasteiger partial charge is 0.230 e. The molecule has 4 rings (SSSR count). The van der Waals surface area contributed by atoms with E-state index >= 15 is 0 Å². The third-order valence-corrected chi connectivity index (χ3v) is 4.46. The molecule has 0 saturated heterocycles. The molecule has 1 aromatic carbocycles.